The third kappa shape index (κ3) is 3.09. The van der Waals surface area contributed by atoms with Gasteiger partial charge in [0, 0.05) is 16.4 Å². The molecule has 2 unspecified atom stereocenters. The van der Waals surface area contributed by atoms with Gasteiger partial charge in [0.1, 0.15) is 0 Å². The highest BCUT2D eigenvalue weighted by Gasteiger charge is 2.27. The molecule has 0 spiro atoms. The number of hydrogen-bond donors (Lipinski definition) is 1. The normalized spacial score (nSPS) is 22.6. The van der Waals surface area contributed by atoms with Gasteiger partial charge in [-0.2, -0.15) is 0 Å². The third-order valence-electron chi connectivity index (χ3n) is 3.37. The first-order valence-corrected chi connectivity index (χ1v) is 7.46. The molecule has 2 heterocycles. The van der Waals surface area contributed by atoms with E-state index in [4.69, 9.17) is 4.74 Å². The van der Waals surface area contributed by atoms with E-state index in [2.05, 4.69) is 32.2 Å². The zero-order valence-electron chi connectivity index (χ0n) is 11.1. The van der Waals surface area contributed by atoms with Crippen LogP contribution in [0, 0.1) is 13.8 Å². The van der Waals surface area contributed by atoms with Crippen LogP contribution in [0.25, 0.3) is 0 Å². The van der Waals surface area contributed by atoms with Crippen molar-refractivity contribution in [2.45, 2.75) is 52.2 Å². The average Bonchev–Trinajstić information content (AvgIpc) is 2.66. The topological polar surface area (TPSA) is 21.3 Å². The predicted molar refractivity (Wildman–Crippen MR) is 73.8 cm³/mol. The summed E-state index contributed by atoms with van der Waals surface area (Å²) < 4.78 is 5.96. The molecule has 0 bridgehead atoms. The van der Waals surface area contributed by atoms with Crippen LogP contribution >= 0.6 is 11.3 Å². The van der Waals surface area contributed by atoms with Crippen molar-refractivity contribution in [2.24, 2.45) is 0 Å². The van der Waals surface area contributed by atoms with Gasteiger partial charge in [-0.05, 0) is 51.3 Å². The fourth-order valence-electron chi connectivity index (χ4n) is 2.61. The summed E-state index contributed by atoms with van der Waals surface area (Å²) in [5.74, 6) is 0. The smallest absolute Gasteiger partial charge is 0.0777 e. The zero-order valence-corrected chi connectivity index (χ0v) is 11.9. The van der Waals surface area contributed by atoms with Gasteiger partial charge in [-0.3, -0.25) is 0 Å². The summed E-state index contributed by atoms with van der Waals surface area (Å²) in [6.45, 7) is 8.50. The van der Waals surface area contributed by atoms with Crippen molar-refractivity contribution < 1.29 is 4.74 Å². The second-order valence-electron chi connectivity index (χ2n) is 4.84. The second-order valence-corrected chi connectivity index (χ2v) is 6.13. The third-order valence-corrected chi connectivity index (χ3v) is 4.61. The van der Waals surface area contributed by atoms with Crippen molar-refractivity contribution in [2.75, 3.05) is 13.2 Å². The first-order chi connectivity index (χ1) is 8.22. The van der Waals surface area contributed by atoms with E-state index < -0.39 is 0 Å². The molecule has 1 N–H and O–H groups in total. The number of ether oxygens (including phenoxy) is 1. The molecule has 96 valence electrons. The summed E-state index contributed by atoms with van der Waals surface area (Å²) in [5, 5.41) is 3.61. The maximum absolute atomic E-state index is 5.96. The monoisotopic (exact) mass is 253 g/mol. The van der Waals surface area contributed by atoms with Crippen LogP contribution in [-0.2, 0) is 4.74 Å². The molecule has 0 radical (unpaired) electrons. The Morgan fingerprint density at radius 1 is 1.47 bits per heavy atom. The van der Waals surface area contributed by atoms with Crippen molar-refractivity contribution in [3.63, 3.8) is 0 Å². The molecule has 0 saturated carbocycles. The second kappa shape index (κ2) is 5.98. The van der Waals surface area contributed by atoms with Crippen LogP contribution in [-0.4, -0.2) is 19.3 Å². The predicted octanol–water partition coefficient (Wildman–Crippen LogP) is 3.58. The van der Waals surface area contributed by atoms with Gasteiger partial charge in [0.25, 0.3) is 0 Å². The maximum atomic E-state index is 5.96. The van der Waals surface area contributed by atoms with Gasteiger partial charge >= 0.3 is 0 Å². The van der Waals surface area contributed by atoms with Crippen molar-refractivity contribution in [1.82, 2.24) is 5.32 Å². The van der Waals surface area contributed by atoms with E-state index in [1.54, 1.807) is 0 Å². The minimum absolute atomic E-state index is 0.362. The van der Waals surface area contributed by atoms with Crippen molar-refractivity contribution in [1.29, 1.82) is 0 Å². The first-order valence-electron chi connectivity index (χ1n) is 6.64. The summed E-state index contributed by atoms with van der Waals surface area (Å²) in [6.07, 6.45) is 4.07. The molecule has 1 aliphatic rings. The van der Waals surface area contributed by atoms with E-state index in [-0.39, 0.29) is 0 Å². The zero-order chi connectivity index (χ0) is 12.3. The molecule has 2 rings (SSSR count). The van der Waals surface area contributed by atoms with E-state index in [0.29, 0.717) is 12.1 Å². The van der Waals surface area contributed by atoms with Gasteiger partial charge in [-0.15, -0.1) is 11.3 Å². The quantitative estimate of drug-likeness (QED) is 0.885. The summed E-state index contributed by atoms with van der Waals surface area (Å²) in [6, 6.07) is 2.67. The molecule has 1 aromatic heterocycles. The number of likely N-dealkylation sites (N-methyl/N-ethyl adjacent to an activating group) is 1. The lowest BCUT2D eigenvalue weighted by molar-refractivity contribution is -0.00723. The highest BCUT2D eigenvalue weighted by Crippen LogP contribution is 2.33. The number of rotatable bonds is 4. The lowest BCUT2D eigenvalue weighted by Crippen LogP contribution is -2.35. The SMILES string of the molecule is CCNC(c1sc(C)cc1C)C1CCCCO1. The Kier molecular flexibility index (Phi) is 4.60. The average molecular weight is 253 g/mol. The molecule has 2 nitrogen and oxygen atoms in total. The molecule has 17 heavy (non-hydrogen) atoms. The fourth-order valence-corrected chi connectivity index (χ4v) is 3.77. The van der Waals surface area contributed by atoms with Gasteiger partial charge in [-0.1, -0.05) is 6.92 Å². The summed E-state index contributed by atoms with van der Waals surface area (Å²) >= 11 is 1.91. The van der Waals surface area contributed by atoms with Crippen LogP contribution in [0.15, 0.2) is 6.07 Å². The van der Waals surface area contributed by atoms with Crippen LogP contribution in [0.3, 0.4) is 0 Å². The van der Waals surface area contributed by atoms with Crippen LogP contribution < -0.4 is 5.32 Å². The summed E-state index contributed by atoms with van der Waals surface area (Å²) in [5.41, 5.74) is 1.41. The van der Waals surface area contributed by atoms with E-state index in [1.165, 1.54) is 34.6 Å². The van der Waals surface area contributed by atoms with Crippen LogP contribution in [0.1, 0.15) is 47.5 Å². The molecule has 0 aromatic carbocycles. The molecular formula is C14H23NOS. The Balaban J connectivity index is 2.18. The van der Waals surface area contributed by atoms with Gasteiger partial charge in [0.2, 0.25) is 0 Å². The highest BCUT2D eigenvalue weighted by atomic mass is 32.1. The molecule has 0 amide bonds. The summed E-state index contributed by atoms with van der Waals surface area (Å²) in [4.78, 5) is 2.87. The van der Waals surface area contributed by atoms with E-state index in [1.807, 2.05) is 11.3 Å². The minimum Gasteiger partial charge on any atom is -0.376 e. The molecule has 3 heteroatoms. The van der Waals surface area contributed by atoms with E-state index in [9.17, 15) is 0 Å². The Morgan fingerprint density at radius 2 is 2.29 bits per heavy atom. The van der Waals surface area contributed by atoms with Crippen molar-refractivity contribution in [3.05, 3.63) is 21.4 Å². The lowest BCUT2D eigenvalue weighted by Gasteiger charge is -2.31. The molecule has 1 aromatic rings. The Labute approximate surface area is 108 Å². The molecule has 1 saturated heterocycles. The lowest BCUT2D eigenvalue weighted by atomic mass is 9.99. The van der Waals surface area contributed by atoms with E-state index >= 15 is 0 Å². The van der Waals surface area contributed by atoms with E-state index in [0.717, 1.165) is 13.2 Å². The van der Waals surface area contributed by atoms with Gasteiger partial charge in [0.05, 0.1) is 12.1 Å². The fraction of sp³-hybridized carbons (Fsp3) is 0.714. The van der Waals surface area contributed by atoms with Crippen molar-refractivity contribution >= 4 is 11.3 Å². The minimum atomic E-state index is 0.362. The highest BCUT2D eigenvalue weighted by molar-refractivity contribution is 7.12. The Hall–Kier alpha value is -0.380. The molecule has 1 fully saturated rings. The van der Waals surface area contributed by atoms with Gasteiger partial charge in [0.15, 0.2) is 0 Å². The first kappa shape index (κ1) is 13.1. The largest absolute Gasteiger partial charge is 0.376 e. The molecule has 1 aliphatic heterocycles. The maximum Gasteiger partial charge on any atom is 0.0777 e. The number of nitrogens with one attached hydrogen (secondary N) is 1. The number of aryl methyl sites for hydroxylation is 2. The van der Waals surface area contributed by atoms with Crippen molar-refractivity contribution in [3.8, 4) is 0 Å². The molecule has 0 aliphatic carbocycles. The Bertz CT molecular complexity index is 355. The number of thiophene rings is 1. The molecule has 2 atom stereocenters. The summed E-state index contributed by atoms with van der Waals surface area (Å²) in [7, 11) is 0. The van der Waals surface area contributed by atoms with Gasteiger partial charge < -0.3 is 10.1 Å². The van der Waals surface area contributed by atoms with Gasteiger partial charge in [-0.25, -0.2) is 0 Å². The standard InChI is InChI=1S/C14H23NOS/c1-4-15-13(12-7-5-6-8-16-12)14-10(2)9-11(3)17-14/h9,12-13,15H,4-8H2,1-3H3. The number of hydrogen-bond acceptors (Lipinski definition) is 3. The van der Waals surface area contributed by atoms with Crippen LogP contribution in [0.4, 0.5) is 0 Å². The van der Waals surface area contributed by atoms with Crippen LogP contribution in [0.5, 0.6) is 0 Å². The Morgan fingerprint density at radius 3 is 2.82 bits per heavy atom. The van der Waals surface area contributed by atoms with Crippen LogP contribution in [0.2, 0.25) is 0 Å². The molecular weight excluding hydrogens is 230 g/mol.